The van der Waals surface area contributed by atoms with E-state index in [4.69, 9.17) is 4.74 Å². The van der Waals surface area contributed by atoms with Gasteiger partial charge in [-0.05, 0) is 24.6 Å². The van der Waals surface area contributed by atoms with Gasteiger partial charge < -0.3 is 4.74 Å². The van der Waals surface area contributed by atoms with Crippen molar-refractivity contribution in [3.05, 3.63) is 93.0 Å². The number of aryl methyl sites for hydroxylation is 1. The fourth-order valence-corrected chi connectivity index (χ4v) is 3.81. The first-order valence-corrected chi connectivity index (χ1v) is 9.18. The number of fused-ring (bicyclic) bond motifs is 2. The van der Waals surface area contributed by atoms with Gasteiger partial charge in [0.15, 0.2) is 11.8 Å². The van der Waals surface area contributed by atoms with E-state index in [1.165, 1.54) is 25.1 Å². The second kappa shape index (κ2) is 6.47. The van der Waals surface area contributed by atoms with Gasteiger partial charge in [-0.25, -0.2) is 14.3 Å². The summed E-state index contributed by atoms with van der Waals surface area (Å²) in [6.45, 7) is 1.50. The quantitative estimate of drug-likeness (QED) is 0.497. The molecule has 5 rings (SSSR count). The van der Waals surface area contributed by atoms with E-state index in [0.717, 1.165) is 4.52 Å². The average molecular weight is 423 g/mol. The van der Waals surface area contributed by atoms with Crippen molar-refractivity contribution >= 4 is 11.6 Å². The number of rotatable bonds is 2. The molecule has 9 heteroatoms. The van der Waals surface area contributed by atoms with E-state index in [2.05, 4.69) is 22.2 Å². The summed E-state index contributed by atoms with van der Waals surface area (Å²) in [7, 11) is 0. The molecule has 1 unspecified atom stereocenters. The van der Waals surface area contributed by atoms with Crippen LogP contribution < -0.4 is 5.56 Å². The second-order valence-corrected chi connectivity index (χ2v) is 7.02. The molecule has 0 radical (unpaired) electrons. The minimum absolute atomic E-state index is 0.0289. The van der Waals surface area contributed by atoms with E-state index in [1.807, 2.05) is 0 Å². The van der Waals surface area contributed by atoms with E-state index < -0.39 is 29.5 Å². The van der Waals surface area contributed by atoms with E-state index in [-0.39, 0.29) is 33.6 Å². The summed E-state index contributed by atoms with van der Waals surface area (Å²) in [6, 6.07) is 16.2. The molecule has 0 saturated carbocycles. The summed E-state index contributed by atoms with van der Waals surface area (Å²) in [5, 5.41) is 2.16. The minimum atomic E-state index is -4.75. The number of benzene rings is 1. The number of ether oxygens (including phenoxy) is 1. The lowest BCUT2D eigenvalue weighted by molar-refractivity contribution is -0.140. The zero-order valence-corrected chi connectivity index (χ0v) is 15.9. The number of cyclic esters (lactones) is 1. The van der Waals surface area contributed by atoms with Crippen LogP contribution >= 0.6 is 0 Å². The normalized spacial score (nSPS) is 15.6. The number of aromatic nitrogens is 3. The van der Waals surface area contributed by atoms with Gasteiger partial charge in [-0.3, -0.25) is 9.89 Å². The Kier molecular flexibility index (Phi) is 3.95. The van der Waals surface area contributed by atoms with E-state index >= 15 is 0 Å². The third-order valence-electron chi connectivity index (χ3n) is 5.16. The Morgan fingerprint density at radius 1 is 1.16 bits per heavy atom. The lowest BCUT2D eigenvalue weighted by Gasteiger charge is -2.13. The maximum Gasteiger partial charge on any atom is 0.433 e. The fourth-order valence-electron chi connectivity index (χ4n) is 3.81. The molecular weight excluding hydrogens is 411 g/mol. The third kappa shape index (κ3) is 2.79. The maximum absolute atomic E-state index is 13.8. The zero-order valence-electron chi connectivity index (χ0n) is 15.9. The molecule has 2 aromatic heterocycles. The number of esters is 1. The van der Waals surface area contributed by atoms with Gasteiger partial charge in [0.05, 0.1) is 16.8 Å². The number of carbonyl (C=O) groups excluding carboxylic acids is 1. The van der Waals surface area contributed by atoms with Crippen molar-refractivity contribution in [3.8, 4) is 11.1 Å². The van der Waals surface area contributed by atoms with E-state index in [1.54, 1.807) is 24.3 Å². The van der Waals surface area contributed by atoms with Crippen molar-refractivity contribution in [3.63, 3.8) is 0 Å². The third-order valence-corrected chi connectivity index (χ3v) is 5.16. The molecule has 4 aromatic rings. The number of nitrogens with one attached hydrogen (secondary N) is 1. The first kappa shape index (κ1) is 18.9. The number of alkyl halides is 3. The molecule has 0 amide bonds. The highest BCUT2D eigenvalue weighted by atomic mass is 19.4. The first-order chi connectivity index (χ1) is 14.8. The van der Waals surface area contributed by atoms with Crippen LogP contribution in [-0.4, -0.2) is 20.6 Å². The Morgan fingerprint density at radius 2 is 1.90 bits per heavy atom. The first-order valence-electron chi connectivity index (χ1n) is 9.18. The molecule has 154 valence electrons. The molecule has 0 bridgehead atoms. The number of aromatic amines is 1. The molecule has 0 aliphatic carbocycles. The number of carbonyl (C=O) groups is 1. The predicted octanol–water partition coefficient (Wildman–Crippen LogP) is 3.88. The average Bonchev–Trinajstić information content (AvgIpc) is 3.28. The Morgan fingerprint density at radius 3 is 2.61 bits per heavy atom. The Hall–Kier alpha value is -4.06. The summed E-state index contributed by atoms with van der Waals surface area (Å²) < 4.78 is 47.5. The van der Waals surface area contributed by atoms with Crippen molar-refractivity contribution in [2.45, 2.75) is 19.2 Å². The molecule has 0 fully saturated rings. The molecule has 6 nitrogen and oxygen atoms in total. The lowest BCUT2D eigenvalue weighted by Crippen LogP contribution is -2.25. The zero-order chi connectivity index (χ0) is 21.9. The van der Waals surface area contributed by atoms with E-state index in [0.29, 0.717) is 5.56 Å². The summed E-state index contributed by atoms with van der Waals surface area (Å²) in [6.07, 6.45) is -5.85. The van der Waals surface area contributed by atoms with Gasteiger partial charge >= 0.3 is 12.1 Å². The van der Waals surface area contributed by atoms with Crippen molar-refractivity contribution in [2.24, 2.45) is 0 Å². The van der Waals surface area contributed by atoms with Crippen LogP contribution in [0, 0.1) is 19.1 Å². The van der Waals surface area contributed by atoms with Crippen LogP contribution in [0.15, 0.2) is 47.3 Å². The van der Waals surface area contributed by atoms with Crippen molar-refractivity contribution in [1.29, 1.82) is 0 Å². The lowest BCUT2D eigenvalue weighted by atomic mass is 10.00. The van der Waals surface area contributed by atoms with Gasteiger partial charge in [0.1, 0.15) is 11.3 Å². The highest BCUT2D eigenvalue weighted by Crippen LogP contribution is 2.39. The van der Waals surface area contributed by atoms with Gasteiger partial charge in [0, 0.05) is 5.56 Å². The summed E-state index contributed by atoms with van der Waals surface area (Å²) in [4.78, 5) is 29.8. The number of nitrogens with zero attached hydrogens (tertiary/aromatic N) is 2. The van der Waals surface area contributed by atoms with Crippen LogP contribution in [0.3, 0.4) is 0 Å². The maximum atomic E-state index is 13.8. The van der Waals surface area contributed by atoms with Crippen LogP contribution in [0.2, 0.25) is 0 Å². The topological polar surface area (TPSA) is 76.5 Å². The highest BCUT2D eigenvalue weighted by Gasteiger charge is 2.40. The molecule has 3 heterocycles. The van der Waals surface area contributed by atoms with Crippen molar-refractivity contribution in [2.75, 3.05) is 0 Å². The van der Waals surface area contributed by atoms with Gasteiger partial charge in [-0.15, -0.1) is 0 Å². The molecular formula is C22H12F3N3O3. The Bertz CT molecular complexity index is 1400. The standard InChI is InChI=1S/C22H12F3N3O3/c1-11-15(17-13-9-5-6-10-14(13)21(30)31-17)20(29)28-19(26-11)16(12-7-3-2-4-8-12)18(27-28)22(23,24)25/h2-5,7-9,17,27H,1H3. The van der Waals surface area contributed by atoms with Crippen LogP contribution in [0.4, 0.5) is 13.2 Å². The number of H-pyrrole nitrogens is 1. The van der Waals surface area contributed by atoms with Gasteiger partial charge in [-0.2, -0.15) is 13.2 Å². The SMILES string of the molecule is Cc1nc2c(-c3ccccc3)c(C(F)(F)F)[nH]n2c(=O)c1C1OC(=O)c2c#cccc21. The van der Waals surface area contributed by atoms with Crippen molar-refractivity contribution in [1.82, 2.24) is 14.6 Å². The molecule has 2 aromatic carbocycles. The van der Waals surface area contributed by atoms with Gasteiger partial charge in [-0.1, -0.05) is 42.5 Å². The van der Waals surface area contributed by atoms with Gasteiger partial charge in [0.2, 0.25) is 0 Å². The predicted molar refractivity (Wildman–Crippen MR) is 102 cm³/mol. The summed E-state index contributed by atoms with van der Waals surface area (Å²) in [5.74, 6) is -0.687. The van der Waals surface area contributed by atoms with Crippen LogP contribution in [0.1, 0.15) is 39.0 Å². The smallest absolute Gasteiger partial charge is 0.433 e. The second-order valence-electron chi connectivity index (χ2n) is 7.02. The summed E-state index contributed by atoms with van der Waals surface area (Å²) >= 11 is 0. The molecule has 1 aliphatic heterocycles. The molecule has 31 heavy (non-hydrogen) atoms. The largest absolute Gasteiger partial charge is 0.448 e. The molecule has 0 saturated heterocycles. The molecule has 0 spiro atoms. The molecule has 1 N–H and O–H groups in total. The Balaban J connectivity index is 1.81. The number of hydrogen-bond donors (Lipinski definition) is 1. The van der Waals surface area contributed by atoms with Crippen molar-refractivity contribution < 1.29 is 22.7 Å². The number of halogens is 3. The minimum Gasteiger partial charge on any atom is -0.448 e. The van der Waals surface area contributed by atoms with Gasteiger partial charge in [0.25, 0.3) is 5.56 Å². The fraction of sp³-hybridized carbons (Fsp3) is 0.136. The van der Waals surface area contributed by atoms with Crippen LogP contribution in [0.25, 0.3) is 16.8 Å². The van der Waals surface area contributed by atoms with Crippen LogP contribution in [0.5, 0.6) is 0 Å². The van der Waals surface area contributed by atoms with E-state index in [9.17, 15) is 22.8 Å². The monoisotopic (exact) mass is 423 g/mol. The van der Waals surface area contributed by atoms with Crippen LogP contribution in [-0.2, 0) is 10.9 Å². The Labute approximate surface area is 172 Å². The number of hydrogen-bond acceptors (Lipinski definition) is 4. The summed E-state index contributed by atoms with van der Waals surface area (Å²) in [5.41, 5.74) is -1.36. The molecule has 1 atom stereocenters. The molecule has 1 aliphatic rings. The highest BCUT2D eigenvalue weighted by molar-refractivity contribution is 5.93.